The van der Waals surface area contributed by atoms with Crippen LogP contribution in [0.3, 0.4) is 0 Å². The number of likely N-dealkylation sites (tertiary alicyclic amines) is 1. The van der Waals surface area contributed by atoms with Crippen LogP contribution in [0.5, 0.6) is 0 Å². The van der Waals surface area contributed by atoms with Gasteiger partial charge in [-0.1, -0.05) is 30.4 Å². The summed E-state index contributed by atoms with van der Waals surface area (Å²) < 4.78 is 5.09. The maximum atomic E-state index is 12.5. The molecule has 146 valence electrons. The molecule has 0 bridgehead atoms. The SMILES string of the molecule is O=C(CN1C(=O)[C@H]2CC=CC[C@@H]2C1=O)OCC(=O)N1CCCc2ccccc21. The van der Waals surface area contributed by atoms with Crippen molar-refractivity contribution in [3.63, 3.8) is 0 Å². The number of rotatable bonds is 4. The van der Waals surface area contributed by atoms with Crippen LogP contribution in [0.15, 0.2) is 36.4 Å². The number of fused-ring (bicyclic) bond motifs is 2. The quantitative estimate of drug-likeness (QED) is 0.447. The molecule has 1 aromatic carbocycles. The van der Waals surface area contributed by atoms with Gasteiger partial charge < -0.3 is 9.64 Å². The van der Waals surface area contributed by atoms with E-state index in [2.05, 4.69) is 0 Å². The number of para-hydroxylation sites is 1. The summed E-state index contributed by atoms with van der Waals surface area (Å²) in [5.41, 5.74) is 1.94. The van der Waals surface area contributed by atoms with Gasteiger partial charge in [-0.25, -0.2) is 0 Å². The second-order valence-corrected chi connectivity index (χ2v) is 7.36. The van der Waals surface area contributed by atoms with Gasteiger partial charge >= 0.3 is 5.97 Å². The van der Waals surface area contributed by atoms with Crippen LogP contribution >= 0.6 is 0 Å². The Morgan fingerprint density at radius 1 is 1.04 bits per heavy atom. The number of aryl methyl sites for hydroxylation is 1. The molecule has 2 heterocycles. The minimum absolute atomic E-state index is 0.308. The molecule has 3 amide bonds. The van der Waals surface area contributed by atoms with Crippen LogP contribution in [-0.4, -0.2) is 48.3 Å². The number of carbonyl (C=O) groups excluding carboxylic acids is 4. The Morgan fingerprint density at radius 3 is 2.43 bits per heavy atom. The average Bonchev–Trinajstić information content (AvgIpc) is 2.96. The van der Waals surface area contributed by atoms with Gasteiger partial charge in [0.25, 0.3) is 5.91 Å². The standard InChI is InChI=1S/C21H22N2O5/c24-18(22-11-5-7-14-6-1-4-10-17(14)22)13-28-19(25)12-23-20(26)15-8-2-3-9-16(15)21(23)27/h1-4,6,10,15-16H,5,7-9,11-13H2/t15-,16-/m0/s1. The predicted molar refractivity (Wildman–Crippen MR) is 100 cm³/mol. The smallest absolute Gasteiger partial charge is 0.326 e. The Bertz CT molecular complexity index is 836. The van der Waals surface area contributed by atoms with Crippen LogP contribution in [0, 0.1) is 11.8 Å². The Labute approximate surface area is 162 Å². The second kappa shape index (κ2) is 7.58. The molecule has 1 saturated heterocycles. The monoisotopic (exact) mass is 382 g/mol. The fraction of sp³-hybridized carbons (Fsp3) is 0.429. The summed E-state index contributed by atoms with van der Waals surface area (Å²) >= 11 is 0. The fourth-order valence-corrected chi connectivity index (χ4v) is 4.21. The van der Waals surface area contributed by atoms with Crippen LogP contribution < -0.4 is 4.90 Å². The first-order valence-electron chi connectivity index (χ1n) is 9.60. The van der Waals surface area contributed by atoms with Crippen LogP contribution in [0.2, 0.25) is 0 Å². The predicted octanol–water partition coefficient (Wildman–Crippen LogP) is 1.46. The van der Waals surface area contributed by atoms with Gasteiger partial charge in [0.1, 0.15) is 6.54 Å². The molecule has 7 nitrogen and oxygen atoms in total. The molecule has 1 aliphatic carbocycles. The van der Waals surface area contributed by atoms with Crippen molar-refractivity contribution in [1.82, 2.24) is 4.90 Å². The van der Waals surface area contributed by atoms with E-state index >= 15 is 0 Å². The Kier molecular flexibility index (Phi) is 4.98. The van der Waals surface area contributed by atoms with Crippen LogP contribution in [-0.2, 0) is 30.3 Å². The summed E-state index contributed by atoms with van der Waals surface area (Å²) in [6.07, 6.45) is 6.59. The Hall–Kier alpha value is -2.96. The van der Waals surface area contributed by atoms with Gasteiger partial charge in [0.05, 0.1) is 11.8 Å². The number of nitrogens with zero attached hydrogens (tertiary/aromatic N) is 2. The molecule has 28 heavy (non-hydrogen) atoms. The van der Waals surface area contributed by atoms with Gasteiger partial charge in [0.2, 0.25) is 11.8 Å². The molecule has 0 saturated carbocycles. The van der Waals surface area contributed by atoms with Crippen molar-refractivity contribution < 1.29 is 23.9 Å². The first-order chi connectivity index (χ1) is 13.6. The van der Waals surface area contributed by atoms with E-state index in [9.17, 15) is 19.2 Å². The number of benzene rings is 1. The van der Waals surface area contributed by atoms with E-state index in [1.54, 1.807) is 4.90 Å². The van der Waals surface area contributed by atoms with Gasteiger partial charge in [-0.3, -0.25) is 24.1 Å². The molecular formula is C21H22N2O5. The first-order valence-corrected chi connectivity index (χ1v) is 9.60. The molecule has 2 aliphatic heterocycles. The molecule has 3 aliphatic rings. The highest BCUT2D eigenvalue weighted by Gasteiger charge is 2.47. The van der Waals surface area contributed by atoms with Crippen LogP contribution in [0.4, 0.5) is 5.69 Å². The highest BCUT2D eigenvalue weighted by atomic mass is 16.5. The van der Waals surface area contributed by atoms with Crippen molar-refractivity contribution in [3.05, 3.63) is 42.0 Å². The van der Waals surface area contributed by atoms with E-state index in [1.165, 1.54) is 0 Å². The topological polar surface area (TPSA) is 84.0 Å². The van der Waals surface area contributed by atoms with Gasteiger partial charge in [-0.15, -0.1) is 0 Å². The normalized spacial score (nSPS) is 23.4. The largest absolute Gasteiger partial charge is 0.454 e. The first kappa shape index (κ1) is 18.4. The molecule has 4 rings (SSSR count). The van der Waals surface area contributed by atoms with E-state index in [1.807, 2.05) is 36.4 Å². The number of esters is 1. The summed E-state index contributed by atoms with van der Waals surface area (Å²) in [4.78, 5) is 52.1. The van der Waals surface area contributed by atoms with E-state index in [0.717, 1.165) is 29.0 Å². The lowest BCUT2D eigenvalue weighted by atomic mass is 9.85. The minimum Gasteiger partial charge on any atom is -0.454 e. The summed E-state index contributed by atoms with van der Waals surface area (Å²) in [5, 5.41) is 0. The lowest BCUT2D eigenvalue weighted by molar-refractivity contribution is -0.154. The maximum Gasteiger partial charge on any atom is 0.326 e. The zero-order valence-corrected chi connectivity index (χ0v) is 15.5. The molecule has 0 aromatic heterocycles. The molecule has 0 radical (unpaired) electrons. The Balaban J connectivity index is 1.33. The fourth-order valence-electron chi connectivity index (χ4n) is 4.21. The summed E-state index contributed by atoms with van der Waals surface area (Å²) in [7, 11) is 0. The number of amides is 3. The van der Waals surface area contributed by atoms with Gasteiger partial charge in [-0.05, 0) is 37.3 Å². The lowest BCUT2D eigenvalue weighted by Crippen LogP contribution is -2.40. The van der Waals surface area contributed by atoms with E-state index in [-0.39, 0.29) is 29.6 Å². The van der Waals surface area contributed by atoms with Crippen LogP contribution in [0.25, 0.3) is 0 Å². The van der Waals surface area contributed by atoms with Gasteiger partial charge in [-0.2, -0.15) is 0 Å². The molecule has 2 atom stereocenters. The summed E-state index contributed by atoms with van der Waals surface area (Å²) in [6.45, 7) is -0.265. The van der Waals surface area contributed by atoms with Crippen molar-refractivity contribution in [2.75, 3.05) is 24.6 Å². The number of carbonyl (C=O) groups is 4. The van der Waals surface area contributed by atoms with Gasteiger partial charge in [0, 0.05) is 12.2 Å². The lowest BCUT2D eigenvalue weighted by Gasteiger charge is -2.29. The zero-order chi connectivity index (χ0) is 19.7. The highest BCUT2D eigenvalue weighted by Crippen LogP contribution is 2.34. The van der Waals surface area contributed by atoms with E-state index in [4.69, 9.17) is 4.74 Å². The number of anilines is 1. The number of allylic oxidation sites excluding steroid dienone is 2. The van der Waals surface area contributed by atoms with Crippen molar-refractivity contribution in [1.29, 1.82) is 0 Å². The van der Waals surface area contributed by atoms with Crippen molar-refractivity contribution in [2.24, 2.45) is 11.8 Å². The average molecular weight is 382 g/mol. The number of imide groups is 1. The highest BCUT2D eigenvalue weighted by molar-refractivity contribution is 6.07. The van der Waals surface area contributed by atoms with E-state index in [0.29, 0.717) is 19.4 Å². The minimum atomic E-state index is -0.744. The molecule has 7 heteroatoms. The maximum absolute atomic E-state index is 12.5. The van der Waals surface area contributed by atoms with E-state index < -0.39 is 19.1 Å². The third kappa shape index (κ3) is 3.32. The third-order valence-corrected chi connectivity index (χ3v) is 5.65. The summed E-state index contributed by atoms with van der Waals surface area (Å²) in [5.74, 6) is -2.46. The second-order valence-electron chi connectivity index (χ2n) is 7.36. The molecule has 0 N–H and O–H groups in total. The molecular weight excluding hydrogens is 360 g/mol. The number of hydrogen-bond donors (Lipinski definition) is 0. The summed E-state index contributed by atoms with van der Waals surface area (Å²) in [6, 6.07) is 7.67. The van der Waals surface area contributed by atoms with Gasteiger partial charge in [0.15, 0.2) is 6.61 Å². The molecule has 1 fully saturated rings. The van der Waals surface area contributed by atoms with Crippen molar-refractivity contribution in [3.8, 4) is 0 Å². The van der Waals surface area contributed by atoms with Crippen LogP contribution in [0.1, 0.15) is 24.8 Å². The Morgan fingerprint density at radius 2 is 1.71 bits per heavy atom. The number of ether oxygens (including phenoxy) is 1. The van der Waals surface area contributed by atoms with Crippen molar-refractivity contribution >= 4 is 29.4 Å². The number of hydrogen-bond acceptors (Lipinski definition) is 5. The third-order valence-electron chi connectivity index (χ3n) is 5.65. The zero-order valence-electron chi connectivity index (χ0n) is 15.5. The molecule has 0 unspecified atom stereocenters. The molecule has 1 aromatic rings. The molecule has 0 spiro atoms. The van der Waals surface area contributed by atoms with Crippen molar-refractivity contribution in [2.45, 2.75) is 25.7 Å².